The minimum absolute atomic E-state index is 0.0825. The molecule has 1 unspecified atom stereocenters. The van der Waals surface area contributed by atoms with Gasteiger partial charge < -0.3 is 15.0 Å². The number of morpholine rings is 1. The SMILES string of the molecule is CC(C(=O)Nc1cc(Cl)ccc1F)N1CCN(CC(=O)N2CCOCC2)CC1. The highest BCUT2D eigenvalue weighted by Gasteiger charge is 2.28. The average molecular weight is 413 g/mol. The van der Waals surface area contributed by atoms with Crippen LogP contribution >= 0.6 is 11.6 Å². The molecule has 0 spiro atoms. The number of nitrogens with zero attached hydrogens (tertiary/aromatic N) is 3. The Morgan fingerprint density at radius 3 is 2.54 bits per heavy atom. The minimum atomic E-state index is -0.517. The zero-order valence-electron chi connectivity index (χ0n) is 16.0. The molecule has 0 bridgehead atoms. The molecule has 1 aromatic rings. The minimum Gasteiger partial charge on any atom is -0.378 e. The number of hydrogen-bond donors (Lipinski definition) is 1. The molecule has 1 atom stereocenters. The summed E-state index contributed by atoms with van der Waals surface area (Å²) in [4.78, 5) is 30.8. The van der Waals surface area contributed by atoms with Crippen molar-refractivity contribution in [3.05, 3.63) is 29.0 Å². The maximum absolute atomic E-state index is 13.8. The summed E-state index contributed by atoms with van der Waals surface area (Å²) in [5.41, 5.74) is 0.0825. The topological polar surface area (TPSA) is 65.1 Å². The number of carbonyl (C=O) groups excluding carboxylic acids is 2. The van der Waals surface area contributed by atoms with Crippen LogP contribution in [0.4, 0.5) is 10.1 Å². The van der Waals surface area contributed by atoms with E-state index < -0.39 is 11.9 Å². The van der Waals surface area contributed by atoms with Crippen LogP contribution in [0.3, 0.4) is 0 Å². The van der Waals surface area contributed by atoms with E-state index in [1.807, 2.05) is 9.80 Å². The summed E-state index contributed by atoms with van der Waals surface area (Å²) in [5.74, 6) is -0.672. The monoisotopic (exact) mass is 412 g/mol. The Balaban J connectivity index is 1.46. The maximum atomic E-state index is 13.8. The predicted octanol–water partition coefficient (Wildman–Crippen LogP) is 1.28. The van der Waals surface area contributed by atoms with Gasteiger partial charge in [-0.05, 0) is 25.1 Å². The molecule has 9 heteroatoms. The van der Waals surface area contributed by atoms with Crippen LogP contribution in [0.1, 0.15) is 6.92 Å². The number of nitrogens with one attached hydrogen (secondary N) is 1. The van der Waals surface area contributed by atoms with Crippen molar-refractivity contribution in [2.75, 3.05) is 64.3 Å². The first-order chi connectivity index (χ1) is 13.4. The summed E-state index contributed by atoms with van der Waals surface area (Å²) in [7, 11) is 0. The summed E-state index contributed by atoms with van der Waals surface area (Å²) in [6.07, 6.45) is 0. The van der Waals surface area contributed by atoms with Crippen LogP contribution in [0.5, 0.6) is 0 Å². The first-order valence-electron chi connectivity index (χ1n) is 9.52. The first-order valence-corrected chi connectivity index (χ1v) is 9.89. The van der Waals surface area contributed by atoms with E-state index in [2.05, 4.69) is 10.2 Å². The van der Waals surface area contributed by atoms with Gasteiger partial charge >= 0.3 is 0 Å². The van der Waals surface area contributed by atoms with Gasteiger partial charge in [-0.3, -0.25) is 19.4 Å². The van der Waals surface area contributed by atoms with Gasteiger partial charge in [-0.25, -0.2) is 4.39 Å². The third-order valence-corrected chi connectivity index (χ3v) is 5.48. The number of hydrogen-bond acceptors (Lipinski definition) is 5. The molecule has 2 fully saturated rings. The molecule has 0 aromatic heterocycles. The molecular weight excluding hydrogens is 387 g/mol. The van der Waals surface area contributed by atoms with Crippen molar-refractivity contribution in [1.29, 1.82) is 0 Å². The van der Waals surface area contributed by atoms with Crippen molar-refractivity contribution in [2.45, 2.75) is 13.0 Å². The molecule has 2 aliphatic heterocycles. The second-order valence-corrected chi connectivity index (χ2v) is 7.53. The van der Waals surface area contributed by atoms with Gasteiger partial charge in [0.2, 0.25) is 11.8 Å². The molecule has 1 N–H and O–H groups in total. The summed E-state index contributed by atoms with van der Waals surface area (Å²) < 4.78 is 19.1. The molecule has 1 aromatic carbocycles. The van der Waals surface area contributed by atoms with E-state index in [9.17, 15) is 14.0 Å². The lowest BCUT2D eigenvalue weighted by Crippen LogP contribution is -2.55. The van der Waals surface area contributed by atoms with Gasteiger partial charge in [0.15, 0.2) is 0 Å². The van der Waals surface area contributed by atoms with Crippen LogP contribution in [0.2, 0.25) is 5.02 Å². The lowest BCUT2D eigenvalue weighted by Gasteiger charge is -2.38. The lowest BCUT2D eigenvalue weighted by atomic mass is 10.2. The first kappa shape index (κ1) is 21.0. The number of piperazine rings is 1. The number of rotatable bonds is 5. The second-order valence-electron chi connectivity index (χ2n) is 7.09. The smallest absolute Gasteiger partial charge is 0.241 e. The summed E-state index contributed by atoms with van der Waals surface area (Å²) in [6.45, 7) is 7.43. The van der Waals surface area contributed by atoms with E-state index in [-0.39, 0.29) is 17.5 Å². The standard InChI is InChI=1S/C19H26ClFN4O3/c1-14(19(27)22-17-12-15(20)2-3-16(17)21)24-6-4-23(5-7-24)13-18(26)25-8-10-28-11-9-25/h2-3,12,14H,4-11,13H2,1H3,(H,22,27). The molecule has 28 heavy (non-hydrogen) atoms. The number of halogens is 2. The summed E-state index contributed by atoms with van der Waals surface area (Å²) in [6, 6.07) is 3.66. The van der Waals surface area contributed by atoms with E-state index in [0.29, 0.717) is 64.0 Å². The molecule has 0 radical (unpaired) electrons. The Morgan fingerprint density at radius 2 is 1.86 bits per heavy atom. The van der Waals surface area contributed by atoms with Gasteiger partial charge in [0.1, 0.15) is 5.82 Å². The van der Waals surface area contributed by atoms with Gasteiger partial charge in [-0.2, -0.15) is 0 Å². The van der Waals surface area contributed by atoms with Crippen molar-refractivity contribution in [2.24, 2.45) is 0 Å². The number of anilines is 1. The van der Waals surface area contributed by atoms with Crippen molar-refractivity contribution >= 4 is 29.1 Å². The number of carbonyl (C=O) groups is 2. The van der Waals surface area contributed by atoms with Gasteiger partial charge in [0, 0.05) is 44.3 Å². The Hall–Kier alpha value is -1.74. The molecule has 3 rings (SSSR count). The number of amides is 2. The van der Waals surface area contributed by atoms with E-state index in [0.717, 1.165) is 0 Å². The Morgan fingerprint density at radius 1 is 1.18 bits per heavy atom. The Kier molecular flexibility index (Phi) is 7.23. The normalized spacial score (nSPS) is 20.0. The fraction of sp³-hybridized carbons (Fsp3) is 0.579. The van der Waals surface area contributed by atoms with Crippen LogP contribution in [0.25, 0.3) is 0 Å². The van der Waals surface area contributed by atoms with E-state index >= 15 is 0 Å². The number of benzene rings is 1. The molecule has 154 valence electrons. The fourth-order valence-corrected chi connectivity index (χ4v) is 3.58. The summed E-state index contributed by atoms with van der Waals surface area (Å²) >= 11 is 5.87. The number of ether oxygens (including phenoxy) is 1. The van der Waals surface area contributed by atoms with Crippen LogP contribution in [0.15, 0.2) is 18.2 Å². The van der Waals surface area contributed by atoms with Crippen molar-refractivity contribution in [1.82, 2.24) is 14.7 Å². The highest BCUT2D eigenvalue weighted by atomic mass is 35.5. The lowest BCUT2D eigenvalue weighted by molar-refractivity contribution is -0.137. The van der Waals surface area contributed by atoms with Crippen LogP contribution in [-0.2, 0) is 14.3 Å². The molecule has 2 heterocycles. The van der Waals surface area contributed by atoms with E-state index in [4.69, 9.17) is 16.3 Å². The average Bonchev–Trinajstić information content (AvgIpc) is 2.71. The maximum Gasteiger partial charge on any atom is 0.241 e. The van der Waals surface area contributed by atoms with Crippen molar-refractivity contribution in [3.63, 3.8) is 0 Å². The third kappa shape index (κ3) is 5.41. The zero-order chi connectivity index (χ0) is 20.1. The van der Waals surface area contributed by atoms with Crippen molar-refractivity contribution < 1.29 is 18.7 Å². The highest BCUT2D eigenvalue weighted by Crippen LogP contribution is 2.20. The molecule has 2 saturated heterocycles. The Labute approximate surface area is 169 Å². The largest absolute Gasteiger partial charge is 0.378 e. The quantitative estimate of drug-likeness (QED) is 0.789. The van der Waals surface area contributed by atoms with Gasteiger partial charge in [-0.1, -0.05) is 11.6 Å². The fourth-order valence-electron chi connectivity index (χ4n) is 3.41. The van der Waals surface area contributed by atoms with E-state index in [1.165, 1.54) is 18.2 Å². The zero-order valence-corrected chi connectivity index (χ0v) is 16.8. The highest BCUT2D eigenvalue weighted by molar-refractivity contribution is 6.30. The predicted molar refractivity (Wildman–Crippen MR) is 105 cm³/mol. The van der Waals surface area contributed by atoms with Gasteiger partial charge in [0.05, 0.1) is 31.5 Å². The molecule has 7 nitrogen and oxygen atoms in total. The van der Waals surface area contributed by atoms with Gasteiger partial charge in [-0.15, -0.1) is 0 Å². The summed E-state index contributed by atoms with van der Waals surface area (Å²) in [5, 5.41) is 2.97. The van der Waals surface area contributed by atoms with Crippen LogP contribution in [0, 0.1) is 5.82 Å². The molecular formula is C19H26ClFN4O3. The third-order valence-electron chi connectivity index (χ3n) is 5.24. The van der Waals surface area contributed by atoms with E-state index in [1.54, 1.807) is 6.92 Å². The molecule has 0 aliphatic carbocycles. The van der Waals surface area contributed by atoms with Crippen LogP contribution < -0.4 is 5.32 Å². The Bertz CT molecular complexity index is 706. The van der Waals surface area contributed by atoms with Crippen molar-refractivity contribution in [3.8, 4) is 0 Å². The molecule has 2 aliphatic rings. The molecule has 0 saturated carbocycles. The van der Waals surface area contributed by atoms with Crippen LogP contribution in [-0.4, -0.2) is 91.6 Å². The van der Waals surface area contributed by atoms with Gasteiger partial charge in [0.25, 0.3) is 0 Å². The second kappa shape index (κ2) is 9.65. The molecule has 2 amide bonds.